The average molecular weight is 431 g/mol. The van der Waals surface area contributed by atoms with Crippen LogP contribution in [0.4, 0.5) is 9.80 Å². The Hall–Kier alpha value is -3.32. The van der Waals surface area contributed by atoms with E-state index < -0.39 is 12.1 Å². The fourth-order valence-corrected chi connectivity index (χ4v) is 4.28. The summed E-state index contributed by atoms with van der Waals surface area (Å²) in [6.07, 6.45) is 2.25. The van der Waals surface area contributed by atoms with E-state index >= 15 is 0 Å². The molecule has 2 aromatic heterocycles. The van der Waals surface area contributed by atoms with Gasteiger partial charge in [-0.2, -0.15) is 5.26 Å². The molecule has 3 rings (SSSR count). The molecule has 10 heteroatoms. The highest BCUT2D eigenvalue weighted by Gasteiger charge is 2.28. The molecule has 3 heterocycles. The summed E-state index contributed by atoms with van der Waals surface area (Å²) in [4.78, 5) is 37.6. The fourth-order valence-electron chi connectivity index (χ4n) is 3.05. The molecular weight excluding hydrogens is 410 g/mol. The first kappa shape index (κ1) is 21.4. The number of aryl methyl sites for hydroxylation is 1. The molecule has 0 spiro atoms. The molecule has 158 valence electrons. The van der Waals surface area contributed by atoms with Gasteiger partial charge in [-0.3, -0.25) is 9.59 Å². The van der Waals surface area contributed by atoms with Gasteiger partial charge in [0, 0.05) is 31.2 Å². The number of carbonyl (C=O) groups excluding carboxylic acids is 3. The van der Waals surface area contributed by atoms with E-state index in [-0.39, 0.29) is 25.5 Å². The molecule has 0 atom stereocenters. The largest absolute Gasteiger partial charge is 0.469 e. The topological polar surface area (TPSA) is 122 Å². The Labute approximate surface area is 177 Å². The number of thiophene rings is 1. The normalized spacial score (nSPS) is 12.6. The number of anilines is 1. The lowest BCUT2D eigenvalue weighted by Crippen LogP contribution is -2.36. The number of nitrogens with one attached hydrogen (secondary N) is 1. The zero-order valence-corrected chi connectivity index (χ0v) is 17.3. The first-order chi connectivity index (χ1) is 14.5. The number of rotatable bonds is 7. The Morgan fingerprint density at radius 1 is 1.33 bits per heavy atom. The van der Waals surface area contributed by atoms with Gasteiger partial charge in [0.1, 0.15) is 30.0 Å². The van der Waals surface area contributed by atoms with Gasteiger partial charge in [0.2, 0.25) is 5.91 Å². The minimum Gasteiger partial charge on any atom is -0.469 e. The van der Waals surface area contributed by atoms with Crippen LogP contribution in [-0.2, 0) is 38.4 Å². The van der Waals surface area contributed by atoms with Gasteiger partial charge in [-0.05, 0) is 24.1 Å². The van der Waals surface area contributed by atoms with E-state index in [0.717, 1.165) is 16.2 Å². The molecule has 0 bridgehead atoms. The van der Waals surface area contributed by atoms with Crippen LogP contribution < -0.4 is 5.32 Å². The maximum atomic E-state index is 12.3. The highest BCUT2D eigenvalue weighted by Crippen LogP contribution is 2.36. The molecule has 0 radical (unpaired) electrons. The van der Waals surface area contributed by atoms with E-state index in [2.05, 4.69) is 11.4 Å². The minimum absolute atomic E-state index is 0.00588. The Morgan fingerprint density at radius 2 is 2.13 bits per heavy atom. The van der Waals surface area contributed by atoms with Crippen LogP contribution in [0.3, 0.4) is 0 Å². The molecule has 0 fully saturated rings. The summed E-state index contributed by atoms with van der Waals surface area (Å²) >= 11 is 1.29. The van der Waals surface area contributed by atoms with Gasteiger partial charge in [-0.15, -0.1) is 11.3 Å². The predicted molar refractivity (Wildman–Crippen MR) is 107 cm³/mol. The number of hydrogen-bond donors (Lipinski definition) is 1. The van der Waals surface area contributed by atoms with Crippen LogP contribution in [0, 0.1) is 11.3 Å². The third-order valence-electron chi connectivity index (χ3n) is 4.47. The number of ether oxygens (including phenoxy) is 2. The summed E-state index contributed by atoms with van der Waals surface area (Å²) in [5.74, 6) is 0.0808. The fraction of sp³-hybridized carbons (Fsp3) is 0.400. The molecular formula is C20H21N3O6S. The van der Waals surface area contributed by atoms with E-state index in [1.54, 1.807) is 18.4 Å². The van der Waals surface area contributed by atoms with Crippen LogP contribution in [0.15, 0.2) is 22.8 Å². The average Bonchev–Trinajstić information content (AvgIpc) is 3.35. The third kappa shape index (κ3) is 5.39. The quantitative estimate of drug-likeness (QED) is 0.528. The maximum absolute atomic E-state index is 12.3. The molecule has 0 saturated heterocycles. The number of nitrogens with zero attached hydrogens (tertiary/aromatic N) is 2. The van der Waals surface area contributed by atoms with Crippen LogP contribution in [-0.4, -0.2) is 42.6 Å². The number of fused-ring (bicyclic) bond motifs is 1. The van der Waals surface area contributed by atoms with Gasteiger partial charge in [-0.1, -0.05) is 0 Å². The first-order valence-corrected chi connectivity index (χ1v) is 10.2. The highest BCUT2D eigenvalue weighted by atomic mass is 32.1. The minimum atomic E-state index is -0.510. The predicted octanol–water partition coefficient (Wildman–Crippen LogP) is 2.84. The molecule has 1 aliphatic heterocycles. The van der Waals surface area contributed by atoms with Crippen LogP contribution in [0.25, 0.3) is 0 Å². The van der Waals surface area contributed by atoms with E-state index in [9.17, 15) is 19.6 Å². The van der Waals surface area contributed by atoms with Crippen molar-refractivity contribution in [3.63, 3.8) is 0 Å². The number of amides is 2. The van der Waals surface area contributed by atoms with Crippen LogP contribution in [0.1, 0.15) is 35.1 Å². The van der Waals surface area contributed by atoms with Crippen molar-refractivity contribution in [2.24, 2.45) is 0 Å². The van der Waals surface area contributed by atoms with Gasteiger partial charge in [0.05, 0.1) is 18.4 Å². The Kier molecular flexibility index (Phi) is 7.08. The number of carbonyl (C=O) groups is 3. The second kappa shape index (κ2) is 9.93. The van der Waals surface area contributed by atoms with Crippen molar-refractivity contribution >= 4 is 34.3 Å². The Morgan fingerprint density at radius 3 is 2.83 bits per heavy atom. The number of furan rings is 1. The molecule has 0 aromatic carbocycles. The first-order valence-electron chi connectivity index (χ1n) is 9.40. The Bertz CT molecular complexity index is 960. The molecule has 1 N–H and O–H groups in total. The summed E-state index contributed by atoms with van der Waals surface area (Å²) in [6, 6.07) is 5.74. The molecule has 2 aromatic rings. The highest BCUT2D eigenvalue weighted by molar-refractivity contribution is 7.16. The van der Waals surface area contributed by atoms with Crippen molar-refractivity contribution in [1.29, 1.82) is 5.26 Å². The van der Waals surface area contributed by atoms with E-state index in [1.165, 1.54) is 23.2 Å². The molecule has 0 unspecified atom stereocenters. The zero-order valence-electron chi connectivity index (χ0n) is 16.4. The third-order valence-corrected chi connectivity index (χ3v) is 5.60. The van der Waals surface area contributed by atoms with Gasteiger partial charge in [0.15, 0.2) is 0 Å². The number of nitriles is 1. The van der Waals surface area contributed by atoms with E-state index in [0.29, 0.717) is 36.5 Å². The van der Waals surface area contributed by atoms with Crippen molar-refractivity contribution in [2.75, 3.05) is 25.1 Å². The van der Waals surface area contributed by atoms with Crippen molar-refractivity contribution < 1.29 is 28.3 Å². The lowest BCUT2D eigenvalue weighted by Gasteiger charge is -2.26. The summed E-state index contributed by atoms with van der Waals surface area (Å²) in [7, 11) is 0. The molecule has 2 amide bonds. The SMILES string of the molecule is CC(=O)OCCOC(=O)N1CCc2c(sc(NC(=O)CCc3ccco3)c2C#N)C1. The summed E-state index contributed by atoms with van der Waals surface area (Å²) in [6.45, 7) is 1.96. The second-order valence-corrected chi connectivity index (χ2v) is 7.68. The monoisotopic (exact) mass is 431 g/mol. The molecule has 30 heavy (non-hydrogen) atoms. The number of hydrogen-bond acceptors (Lipinski definition) is 8. The van der Waals surface area contributed by atoms with E-state index in [4.69, 9.17) is 13.9 Å². The lowest BCUT2D eigenvalue weighted by molar-refractivity contribution is -0.142. The summed E-state index contributed by atoms with van der Waals surface area (Å²) < 4.78 is 15.1. The van der Waals surface area contributed by atoms with Gasteiger partial charge < -0.3 is 24.1 Å². The van der Waals surface area contributed by atoms with Gasteiger partial charge >= 0.3 is 12.1 Å². The maximum Gasteiger partial charge on any atom is 0.410 e. The molecule has 9 nitrogen and oxygen atoms in total. The second-order valence-electron chi connectivity index (χ2n) is 6.57. The van der Waals surface area contributed by atoms with Crippen LogP contribution in [0.2, 0.25) is 0 Å². The van der Waals surface area contributed by atoms with Crippen molar-refractivity contribution in [2.45, 2.75) is 32.7 Å². The molecule has 0 saturated carbocycles. The summed E-state index contributed by atoms with van der Waals surface area (Å²) in [5, 5.41) is 12.9. The molecule has 0 aliphatic carbocycles. The Balaban J connectivity index is 1.58. The standard InChI is InChI=1S/C20H21N3O6S/c1-13(24)27-9-10-29-20(26)23-7-6-15-16(11-21)19(30-17(15)12-23)22-18(25)5-4-14-3-2-8-28-14/h2-3,8H,4-7,9-10,12H2,1H3,(H,22,25). The van der Waals surface area contributed by atoms with Crippen LogP contribution in [0.5, 0.6) is 0 Å². The summed E-state index contributed by atoms with van der Waals surface area (Å²) in [5.41, 5.74) is 1.30. The van der Waals surface area contributed by atoms with Crippen LogP contribution >= 0.6 is 11.3 Å². The van der Waals surface area contributed by atoms with Crippen molar-refractivity contribution in [3.8, 4) is 6.07 Å². The van der Waals surface area contributed by atoms with Crippen molar-refractivity contribution in [1.82, 2.24) is 4.90 Å². The molecule has 1 aliphatic rings. The number of esters is 1. The van der Waals surface area contributed by atoms with E-state index in [1.807, 2.05) is 0 Å². The smallest absolute Gasteiger partial charge is 0.410 e. The zero-order chi connectivity index (χ0) is 21.5. The lowest BCUT2D eigenvalue weighted by atomic mass is 10.0. The van der Waals surface area contributed by atoms with Gasteiger partial charge in [0.25, 0.3) is 0 Å². The van der Waals surface area contributed by atoms with Gasteiger partial charge in [-0.25, -0.2) is 4.79 Å². The van der Waals surface area contributed by atoms with Crippen molar-refractivity contribution in [3.05, 3.63) is 40.2 Å².